The second-order valence-corrected chi connectivity index (χ2v) is 8.82. The van der Waals surface area contributed by atoms with Crippen LogP contribution in [-0.2, 0) is 9.53 Å². The maximum absolute atomic E-state index is 10.5. The zero-order valence-corrected chi connectivity index (χ0v) is 9.18. The number of rotatable bonds is 3. The van der Waals surface area contributed by atoms with Crippen LogP contribution in [0.4, 0.5) is 0 Å². The Kier molecular flexibility index (Phi) is 3.96. The second kappa shape index (κ2) is 4.26. The fraction of sp³-hybridized carbons (Fsp3) is 0.444. The summed E-state index contributed by atoms with van der Waals surface area (Å²) in [4.78, 5) is 10.5. The highest BCUT2D eigenvalue weighted by Crippen LogP contribution is 2.05. The summed E-state index contributed by atoms with van der Waals surface area (Å²) in [5.74, 6) is 0.102. The lowest BCUT2D eigenvalue weighted by atomic mass is 10.5. The van der Waals surface area contributed by atoms with Crippen molar-refractivity contribution in [1.29, 1.82) is 0 Å². The van der Waals surface area contributed by atoms with Crippen molar-refractivity contribution in [2.24, 2.45) is 0 Å². The van der Waals surface area contributed by atoms with Crippen LogP contribution in [0.5, 0.6) is 0 Å². The summed E-state index contributed by atoms with van der Waals surface area (Å²) in [5.41, 5.74) is 2.08. The van der Waals surface area contributed by atoms with E-state index in [0.717, 1.165) is 0 Å². The number of carbonyl (C=O) groups is 1. The molecule has 0 spiro atoms. The molecule has 0 aromatic carbocycles. The molecule has 0 aliphatic carbocycles. The number of ether oxygens (including phenoxy) is 1. The van der Waals surface area contributed by atoms with Gasteiger partial charge in [-0.2, -0.15) is 0 Å². The van der Waals surface area contributed by atoms with Gasteiger partial charge in [0.1, 0.15) is 5.76 Å². The Morgan fingerprint density at radius 2 is 1.92 bits per heavy atom. The fourth-order valence-electron chi connectivity index (χ4n) is 0.562. The van der Waals surface area contributed by atoms with E-state index in [0.29, 0.717) is 5.76 Å². The van der Waals surface area contributed by atoms with Gasteiger partial charge in [-0.3, -0.25) is 4.79 Å². The van der Waals surface area contributed by atoms with E-state index < -0.39 is 8.07 Å². The zero-order chi connectivity index (χ0) is 9.78. The van der Waals surface area contributed by atoms with E-state index in [9.17, 15) is 4.79 Å². The average Bonchev–Trinajstić information content (AvgIpc) is 1.80. The Morgan fingerprint density at radius 1 is 1.42 bits per heavy atom. The highest BCUT2D eigenvalue weighted by Gasteiger charge is 2.07. The van der Waals surface area contributed by atoms with E-state index in [2.05, 4.69) is 31.9 Å². The summed E-state index contributed by atoms with van der Waals surface area (Å²) in [7, 11) is -1.20. The zero-order valence-electron chi connectivity index (χ0n) is 8.18. The summed E-state index contributed by atoms with van der Waals surface area (Å²) in [6.07, 6.45) is 1.77. The molecule has 12 heavy (non-hydrogen) atoms. The Bertz CT molecular complexity index is 211. The van der Waals surface area contributed by atoms with Crippen molar-refractivity contribution in [3.63, 3.8) is 0 Å². The number of esters is 1. The fourth-order valence-corrected chi connectivity index (χ4v) is 1.25. The largest absolute Gasteiger partial charge is 0.427 e. The maximum Gasteiger partial charge on any atom is 0.308 e. The molecule has 0 aliphatic rings. The van der Waals surface area contributed by atoms with Crippen molar-refractivity contribution < 1.29 is 9.53 Å². The van der Waals surface area contributed by atoms with Gasteiger partial charge in [0, 0.05) is 6.92 Å². The number of allylic oxidation sites excluding steroid dienone is 1. The van der Waals surface area contributed by atoms with E-state index in [4.69, 9.17) is 4.74 Å². The van der Waals surface area contributed by atoms with E-state index in [1.807, 2.05) is 0 Å². The molecule has 0 aromatic rings. The highest BCUT2D eigenvalue weighted by molar-refractivity contribution is 6.81. The molecule has 0 saturated heterocycles. The summed E-state index contributed by atoms with van der Waals surface area (Å²) < 4.78 is 4.75. The third-order valence-corrected chi connectivity index (χ3v) is 2.21. The normalized spacial score (nSPS) is 11.7. The monoisotopic (exact) mass is 184 g/mol. The van der Waals surface area contributed by atoms with Crippen molar-refractivity contribution in [2.75, 3.05) is 0 Å². The first-order chi connectivity index (χ1) is 5.31. The van der Waals surface area contributed by atoms with Crippen LogP contribution in [0.25, 0.3) is 0 Å². The van der Waals surface area contributed by atoms with E-state index in [1.165, 1.54) is 6.92 Å². The maximum atomic E-state index is 10.5. The van der Waals surface area contributed by atoms with Crippen LogP contribution in [0.15, 0.2) is 24.1 Å². The number of carbonyl (C=O) groups excluding carboxylic acids is 1. The van der Waals surface area contributed by atoms with Crippen LogP contribution in [0.3, 0.4) is 0 Å². The number of hydrogen-bond donors (Lipinski definition) is 0. The molecule has 0 atom stereocenters. The standard InChI is InChI=1S/C9H16O2Si/c1-8(11-9(2)10)6-7-12(3,4)5/h6-7H,1H2,2-5H3/b7-6+. The van der Waals surface area contributed by atoms with Crippen LogP contribution < -0.4 is 0 Å². The van der Waals surface area contributed by atoms with Gasteiger partial charge >= 0.3 is 5.97 Å². The van der Waals surface area contributed by atoms with Crippen molar-refractivity contribution >= 4 is 14.0 Å². The third-order valence-electron chi connectivity index (χ3n) is 1.04. The van der Waals surface area contributed by atoms with Crippen molar-refractivity contribution in [1.82, 2.24) is 0 Å². The Hall–Kier alpha value is -0.833. The lowest BCUT2D eigenvalue weighted by molar-refractivity contribution is -0.136. The molecular formula is C9H16O2Si. The lowest BCUT2D eigenvalue weighted by Crippen LogP contribution is -2.15. The van der Waals surface area contributed by atoms with Crippen molar-refractivity contribution in [3.8, 4) is 0 Å². The van der Waals surface area contributed by atoms with Crippen LogP contribution in [0.1, 0.15) is 6.92 Å². The first-order valence-corrected chi connectivity index (χ1v) is 7.45. The predicted molar refractivity (Wildman–Crippen MR) is 53.4 cm³/mol. The van der Waals surface area contributed by atoms with E-state index in [1.54, 1.807) is 6.08 Å². The summed E-state index contributed by atoms with van der Waals surface area (Å²) in [6, 6.07) is 0. The van der Waals surface area contributed by atoms with Gasteiger partial charge in [-0.05, 0) is 6.08 Å². The average molecular weight is 184 g/mol. The molecule has 0 heterocycles. The van der Waals surface area contributed by atoms with E-state index >= 15 is 0 Å². The molecule has 0 fully saturated rings. The van der Waals surface area contributed by atoms with E-state index in [-0.39, 0.29) is 5.97 Å². The second-order valence-electron chi connectivity index (χ2n) is 3.76. The highest BCUT2D eigenvalue weighted by atomic mass is 28.3. The van der Waals surface area contributed by atoms with Gasteiger partial charge < -0.3 is 4.74 Å². The van der Waals surface area contributed by atoms with Gasteiger partial charge in [0.15, 0.2) is 0 Å². The Labute approximate surface area is 74.9 Å². The van der Waals surface area contributed by atoms with Crippen molar-refractivity contribution in [2.45, 2.75) is 26.6 Å². The van der Waals surface area contributed by atoms with Gasteiger partial charge in [-0.25, -0.2) is 0 Å². The molecule has 0 N–H and O–H groups in total. The molecule has 0 aromatic heterocycles. The quantitative estimate of drug-likeness (QED) is 0.291. The Balaban J connectivity index is 4.01. The van der Waals surface area contributed by atoms with Gasteiger partial charge in [0.25, 0.3) is 0 Å². The molecule has 2 nitrogen and oxygen atoms in total. The first-order valence-electron chi connectivity index (χ1n) is 3.88. The van der Waals surface area contributed by atoms with Gasteiger partial charge in [-0.15, -0.1) is 0 Å². The minimum atomic E-state index is -1.20. The summed E-state index contributed by atoms with van der Waals surface area (Å²) in [5, 5.41) is 0. The predicted octanol–water partition coefficient (Wildman–Crippen LogP) is 2.50. The smallest absolute Gasteiger partial charge is 0.308 e. The van der Waals surface area contributed by atoms with Gasteiger partial charge in [0.2, 0.25) is 0 Å². The van der Waals surface area contributed by atoms with Crippen LogP contribution in [0.2, 0.25) is 19.6 Å². The molecule has 0 radical (unpaired) electrons. The topological polar surface area (TPSA) is 26.3 Å². The molecule has 0 amide bonds. The summed E-state index contributed by atoms with van der Waals surface area (Å²) >= 11 is 0. The summed E-state index contributed by atoms with van der Waals surface area (Å²) in [6.45, 7) is 11.6. The molecule has 0 bridgehead atoms. The molecule has 3 heteroatoms. The number of hydrogen-bond acceptors (Lipinski definition) is 2. The van der Waals surface area contributed by atoms with Gasteiger partial charge in [0.05, 0.1) is 8.07 Å². The Morgan fingerprint density at radius 3 is 2.25 bits per heavy atom. The lowest BCUT2D eigenvalue weighted by Gasteiger charge is -2.08. The first kappa shape index (κ1) is 11.2. The molecular weight excluding hydrogens is 168 g/mol. The minimum absolute atomic E-state index is 0.319. The molecule has 68 valence electrons. The van der Waals surface area contributed by atoms with Crippen LogP contribution >= 0.6 is 0 Å². The molecule has 0 aliphatic heterocycles. The van der Waals surface area contributed by atoms with Crippen molar-refractivity contribution in [3.05, 3.63) is 24.1 Å². The molecule has 0 saturated carbocycles. The molecule has 0 unspecified atom stereocenters. The van der Waals surface area contributed by atoms with Gasteiger partial charge in [-0.1, -0.05) is 31.9 Å². The van der Waals surface area contributed by atoms with Crippen LogP contribution in [-0.4, -0.2) is 14.0 Å². The van der Waals surface area contributed by atoms with Crippen LogP contribution in [0, 0.1) is 0 Å². The third kappa shape index (κ3) is 7.28. The SMILES string of the molecule is C=C(/C=C/[Si](C)(C)C)OC(C)=O. The minimum Gasteiger partial charge on any atom is -0.427 e. The molecule has 0 rings (SSSR count).